The molecule has 5 aromatic heterocycles. The first-order valence-corrected chi connectivity index (χ1v) is 33.2. The fourth-order valence-corrected chi connectivity index (χ4v) is 9.47. The molecule has 37 heteroatoms. The average molecular weight is 1450 g/mol. The number of amides is 8. The monoisotopic (exact) mass is 1450 g/mol. The molecule has 0 aliphatic rings. The number of nitro groups is 1. The maximum absolute atomic E-state index is 13.3. The molecule has 104 heavy (non-hydrogen) atoms. The number of anilines is 4. The average Bonchev–Trinajstić information content (AvgIpc) is 1.70. The number of nitrogens with zero attached hydrogens (tertiary/aromatic N) is 9. The van der Waals surface area contributed by atoms with Crippen LogP contribution in [-0.4, -0.2) is 228 Å². The van der Waals surface area contributed by atoms with Crippen molar-refractivity contribution in [2.45, 2.75) is 25.9 Å². The topological polar surface area (TPSA) is 432 Å². The maximum atomic E-state index is 13.3. The van der Waals surface area contributed by atoms with Gasteiger partial charge in [-0.25, -0.2) is 15.0 Å². The third-order valence-corrected chi connectivity index (χ3v) is 14.7. The Labute approximate surface area is 598 Å². The van der Waals surface area contributed by atoms with E-state index in [1.165, 1.54) is 73.4 Å². The number of aromatic nitrogens is 8. The van der Waals surface area contributed by atoms with Gasteiger partial charge in [-0.3, -0.25) is 48.5 Å². The minimum absolute atomic E-state index is 0.00678. The first-order valence-electron chi connectivity index (χ1n) is 33.2. The standard InChI is InChI=1S/C67H89N17O20/c1-79-21-19-69-60(79)66(91)73-48-39-51(80(2)42-48)63(88)70-18-15-59(87)76-56-45-83(5)62(78-56)67(92)74-49-40-52(81(3)43-49)64(89)71-17-14-58(86)75-55-44-82(4)61(77-55)65(90)72-16-13-57(85)68-20-22-95-23-24-96-25-26-97-27-28-98-29-30-99-31-32-100-33-34-101-35-36-102-37-38-103-53-12-11-50(84(93)94)41-54(53)104-46-47-9-7-6-8-10-47/h6-12,19,21,39-45H,13-18,20,22-38,46H2,1-5H3,(H,68,85)(H,70,88)(H,71,89)(H,72,90)(H,73,91)(H,74,92)(H,75,86)(H,76,87). The molecule has 0 aliphatic heterocycles. The van der Waals surface area contributed by atoms with Crippen molar-refractivity contribution in [1.29, 1.82) is 0 Å². The SMILES string of the molecule is Cn1cc(NC(=O)c2nc(NC(=O)CCNC(=O)c3cc(NC(=O)c4nccn4C)cn3C)cn2C)cc1C(=O)NCCC(=O)Nc1cn(C)c(C(=O)NCCC(=O)NCCOCCOCCOCCOCCOCCOCCOCCOCCOc2ccc([N+](=O)[O-])cc2OCc2ccccc2)n1. The van der Waals surface area contributed by atoms with Crippen LogP contribution in [0.5, 0.6) is 11.5 Å². The second kappa shape index (κ2) is 43.8. The van der Waals surface area contributed by atoms with Crippen LogP contribution in [0, 0.1) is 10.1 Å². The van der Waals surface area contributed by atoms with Crippen LogP contribution in [0.1, 0.15) is 77.7 Å². The van der Waals surface area contributed by atoms with E-state index in [4.69, 9.17) is 47.4 Å². The van der Waals surface area contributed by atoms with E-state index in [0.29, 0.717) is 104 Å². The molecule has 0 aliphatic carbocycles. The number of rotatable bonds is 50. The maximum Gasteiger partial charge on any atom is 0.291 e. The first kappa shape index (κ1) is 80.4. The van der Waals surface area contributed by atoms with E-state index in [9.17, 15) is 48.5 Å². The van der Waals surface area contributed by atoms with Crippen LogP contribution in [0.3, 0.4) is 0 Å². The Hall–Kier alpha value is -10.9. The molecule has 0 radical (unpaired) electrons. The number of carbonyl (C=O) groups is 8. The summed E-state index contributed by atoms with van der Waals surface area (Å²) in [4.78, 5) is 126. The van der Waals surface area contributed by atoms with E-state index in [0.717, 1.165) is 5.56 Å². The zero-order chi connectivity index (χ0) is 74.4. The molecule has 5 heterocycles. The molecule has 0 saturated carbocycles. The van der Waals surface area contributed by atoms with Crippen molar-refractivity contribution in [3.63, 3.8) is 0 Å². The summed E-state index contributed by atoms with van der Waals surface area (Å²) in [6, 6.07) is 16.6. The summed E-state index contributed by atoms with van der Waals surface area (Å²) in [6.45, 7) is 6.51. The highest BCUT2D eigenvalue weighted by molar-refractivity contribution is 6.05. The number of ether oxygens (including phenoxy) is 10. The lowest BCUT2D eigenvalue weighted by Crippen LogP contribution is -2.33. The highest BCUT2D eigenvalue weighted by Crippen LogP contribution is 2.32. The van der Waals surface area contributed by atoms with Gasteiger partial charge >= 0.3 is 0 Å². The van der Waals surface area contributed by atoms with Gasteiger partial charge < -0.3 is 113 Å². The van der Waals surface area contributed by atoms with E-state index in [1.54, 1.807) is 52.2 Å². The number of nitrogens with one attached hydrogen (secondary N) is 8. The normalized spacial score (nSPS) is 11.0. The van der Waals surface area contributed by atoms with E-state index in [2.05, 4.69) is 57.5 Å². The Kier molecular flexibility index (Phi) is 33.8. The van der Waals surface area contributed by atoms with E-state index in [1.807, 2.05) is 30.3 Å². The largest absolute Gasteiger partial charge is 0.487 e. The fourth-order valence-electron chi connectivity index (χ4n) is 9.47. The van der Waals surface area contributed by atoms with Crippen LogP contribution in [-0.2, 0) is 94.1 Å². The van der Waals surface area contributed by atoms with Crippen molar-refractivity contribution in [2.75, 3.05) is 160 Å². The van der Waals surface area contributed by atoms with Crippen LogP contribution in [0.25, 0.3) is 0 Å². The number of hydrogen-bond acceptors (Lipinski definition) is 23. The molecule has 0 saturated heterocycles. The Bertz CT molecular complexity index is 3920. The van der Waals surface area contributed by atoms with E-state index >= 15 is 0 Å². The van der Waals surface area contributed by atoms with Crippen molar-refractivity contribution >= 4 is 76.0 Å². The van der Waals surface area contributed by atoms with Crippen molar-refractivity contribution in [3.05, 3.63) is 142 Å². The lowest BCUT2D eigenvalue weighted by atomic mass is 10.2. The number of hydrogen-bond donors (Lipinski definition) is 8. The highest BCUT2D eigenvalue weighted by Gasteiger charge is 2.22. The van der Waals surface area contributed by atoms with Gasteiger partial charge in [-0.15, -0.1) is 0 Å². The molecule has 7 rings (SSSR count). The predicted molar refractivity (Wildman–Crippen MR) is 373 cm³/mol. The van der Waals surface area contributed by atoms with Crippen molar-refractivity contribution in [1.82, 2.24) is 59.1 Å². The summed E-state index contributed by atoms with van der Waals surface area (Å²) >= 11 is 0. The highest BCUT2D eigenvalue weighted by atomic mass is 16.6. The summed E-state index contributed by atoms with van der Waals surface area (Å²) in [5.41, 5.74) is 1.87. The van der Waals surface area contributed by atoms with E-state index in [-0.39, 0.29) is 135 Å². The molecule has 0 bridgehead atoms. The number of nitro benzene ring substituents is 1. The fraction of sp³-hybridized carbons (Fsp3) is 0.448. The molecule has 562 valence electrons. The molecular formula is C67H89N17O20. The summed E-state index contributed by atoms with van der Waals surface area (Å²) in [5.74, 6) is -3.00. The van der Waals surface area contributed by atoms with Gasteiger partial charge in [0.2, 0.25) is 29.4 Å². The quantitative estimate of drug-likeness (QED) is 0.0154. The lowest BCUT2D eigenvalue weighted by Gasteiger charge is -2.13. The number of aryl methyl sites for hydroxylation is 5. The molecule has 7 aromatic rings. The van der Waals surface area contributed by atoms with Gasteiger partial charge in [-0.2, -0.15) is 0 Å². The molecule has 0 unspecified atom stereocenters. The summed E-state index contributed by atoms with van der Waals surface area (Å²) in [5, 5.41) is 32.6. The smallest absolute Gasteiger partial charge is 0.291 e. The van der Waals surface area contributed by atoms with Crippen molar-refractivity contribution < 1.29 is 90.6 Å². The van der Waals surface area contributed by atoms with Crippen LogP contribution in [0.15, 0.2) is 97.8 Å². The number of benzene rings is 2. The zero-order valence-corrected chi connectivity index (χ0v) is 58.6. The van der Waals surface area contributed by atoms with Crippen molar-refractivity contribution in [3.8, 4) is 11.5 Å². The van der Waals surface area contributed by atoms with E-state index < -0.39 is 46.3 Å². The van der Waals surface area contributed by atoms with Gasteiger partial charge in [0.1, 0.15) is 24.6 Å². The Morgan fingerprint density at radius 2 is 0.846 bits per heavy atom. The van der Waals surface area contributed by atoms with Gasteiger partial charge in [0, 0.05) is 124 Å². The van der Waals surface area contributed by atoms with Crippen LogP contribution < -0.4 is 52.0 Å². The lowest BCUT2D eigenvalue weighted by molar-refractivity contribution is -0.385. The molecular weight excluding hydrogens is 1360 g/mol. The molecule has 0 spiro atoms. The predicted octanol–water partition coefficient (Wildman–Crippen LogP) is 2.52. The van der Waals surface area contributed by atoms with Gasteiger partial charge in [-0.05, 0) is 23.8 Å². The zero-order valence-electron chi connectivity index (χ0n) is 58.6. The first-order chi connectivity index (χ1) is 50.3. The molecule has 8 amide bonds. The van der Waals surface area contributed by atoms with Gasteiger partial charge in [0.25, 0.3) is 35.2 Å². The second-order valence-corrected chi connectivity index (χ2v) is 22.7. The minimum Gasteiger partial charge on any atom is -0.487 e. The van der Waals surface area contributed by atoms with Crippen molar-refractivity contribution in [2.24, 2.45) is 35.2 Å². The van der Waals surface area contributed by atoms with Gasteiger partial charge in [-0.1, -0.05) is 30.3 Å². The summed E-state index contributed by atoms with van der Waals surface area (Å²) in [7, 11) is 8.03. The molecule has 0 atom stereocenters. The minimum atomic E-state index is -0.641. The Balaban J connectivity index is 0.618. The third-order valence-electron chi connectivity index (χ3n) is 14.7. The van der Waals surface area contributed by atoms with Gasteiger partial charge in [0.15, 0.2) is 29.0 Å². The van der Waals surface area contributed by atoms with Crippen LogP contribution in [0.4, 0.5) is 28.7 Å². The third kappa shape index (κ3) is 28.1. The van der Waals surface area contributed by atoms with Gasteiger partial charge in [0.05, 0.1) is 128 Å². The van der Waals surface area contributed by atoms with Crippen LogP contribution in [0.2, 0.25) is 0 Å². The Morgan fingerprint density at radius 3 is 1.31 bits per heavy atom. The second-order valence-electron chi connectivity index (χ2n) is 22.7. The molecule has 8 N–H and O–H groups in total. The number of carbonyl (C=O) groups excluding carboxylic acids is 8. The molecule has 2 aromatic carbocycles. The number of imidazole rings is 3. The molecule has 37 nitrogen and oxygen atoms in total. The van der Waals surface area contributed by atoms with Crippen LogP contribution >= 0.6 is 0 Å². The summed E-state index contributed by atoms with van der Waals surface area (Å²) < 4.78 is 63.2. The molecule has 0 fully saturated rings. The summed E-state index contributed by atoms with van der Waals surface area (Å²) in [6.07, 6.45) is 8.80. The Morgan fingerprint density at radius 1 is 0.413 bits per heavy atom. The number of non-ortho nitro benzene ring substituents is 1.